The minimum absolute atomic E-state index is 0.0251. The van der Waals surface area contributed by atoms with E-state index < -0.39 is 17.4 Å². The van der Waals surface area contributed by atoms with E-state index in [1.165, 1.54) is 13.2 Å². The van der Waals surface area contributed by atoms with Gasteiger partial charge < -0.3 is 14.8 Å². The molecule has 1 unspecified atom stereocenters. The number of carbonyl (C=O) groups excluding carboxylic acids is 1. The van der Waals surface area contributed by atoms with Gasteiger partial charge in [0.15, 0.2) is 0 Å². The van der Waals surface area contributed by atoms with Crippen LogP contribution in [0.1, 0.15) is 0 Å². The fourth-order valence-electron chi connectivity index (χ4n) is 1.22. The van der Waals surface area contributed by atoms with Gasteiger partial charge in [0, 0.05) is 6.54 Å². The summed E-state index contributed by atoms with van der Waals surface area (Å²) in [5, 5.41) is 2.83. The van der Waals surface area contributed by atoms with Crippen molar-refractivity contribution >= 4 is 27.6 Å². The van der Waals surface area contributed by atoms with Gasteiger partial charge in [-0.1, -0.05) is 28.1 Å². The number of hydrogen-bond acceptors (Lipinski definition) is 4. The van der Waals surface area contributed by atoms with Gasteiger partial charge in [-0.05, 0) is 12.1 Å². The molecule has 0 spiro atoms. The van der Waals surface area contributed by atoms with Crippen molar-refractivity contribution in [2.24, 2.45) is 0 Å². The largest absolute Gasteiger partial charge is 0.468 e. The van der Waals surface area contributed by atoms with Crippen LogP contribution in [0.4, 0.5) is 14.5 Å². The van der Waals surface area contributed by atoms with Crippen LogP contribution in [0.25, 0.3) is 0 Å². The van der Waals surface area contributed by atoms with Crippen molar-refractivity contribution in [1.82, 2.24) is 0 Å². The van der Waals surface area contributed by atoms with Crippen molar-refractivity contribution < 1.29 is 23.0 Å². The summed E-state index contributed by atoms with van der Waals surface area (Å²) < 4.78 is 33.2. The third-order valence-corrected chi connectivity index (χ3v) is 2.73. The van der Waals surface area contributed by atoms with Crippen LogP contribution in [-0.2, 0) is 9.53 Å². The Bertz CT molecular complexity index is 404. The van der Waals surface area contributed by atoms with Crippen LogP contribution in [0.2, 0.25) is 0 Å². The molecule has 0 aliphatic carbocycles. The Morgan fingerprint density at radius 1 is 1.44 bits per heavy atom. The normalized spacial score (nSPS) is 12.1. The summed E-state index contributed by atoms with van der Waals surface area (Å²) in [5.74, 6) is -0.424. The first-order valence-corrected chi connectivity index (χ1v) is 5.95. The molecule has 1 atom stereocenters. The lowest BCUT2D eigenvalue weighted by Gasteiger charge is -2.14. The van der Waals surface area contributed by atoms with E-state index in [4.69, 9.17) is 0 Å². The molecule has 4 nitrogen and oxygen atoms in total. The molecule has 7 heteroatoms. The third kappa shape index (κ3) is 4.48. The number of anilines is 1. The summed E-state index contributed by atoms with van der Waals surface area (Å²) in [7, 11) is 1.27. The molecular formula is C11H12BrF2NO3. The van der Waals surface area contributed by atoms with Crippen LogP contribution in [0.3, 0.4) is 0 Å². The molecular weight excluding hydrogens is 312 g/mol. The van der Waals surface area contributed by atoms with E-state index in [2.05, 4.69) is 30.7 Å². The molecule has 0 amide bonds. The lowest BCUT2D eigenvalue weighted by atomic mass is 10.3. The maximum atomic E-state index is 12.1. The van der Waals surface area contributed by atoms with Crippen LogP contribution < -0.4 is 10.1 Å². The predicted octanol–water partition coefficient (Wildman–Crippen LogP) is 2.64. The average Bonchev–Trinajstić information content (AvgIpc) is 2.35. The van der Waals surface area contributed by atoms with E-state index in [0.29, 0.717) is 5.69 Å². The molecule has 0 heterocycles. The number of carbonyl (C=O) groups is 1. The van der Waals surface area contributed by atoms with Crippen LogP contribution in [0.15, 0.2) is 24.3 Å². The molecule has 1 N–H and O–H groups in total. The fourth-order valence-corrected chi connectivity index (χ4v) is 1.57. The topological polar surface area (TPSA) is 47.6 Å². The Hall–Kier alpha value is -1.37. The van der Waals surface area contributed by atoms with Crippen molar-refractivity contribution in [3.05, 3.63) is 24.3 Å². The molecule has 0 bridgehead atoms. The standard InChI is InChI=1S/C11H12BrF2NO3/c1-17-10(16)7(12)6-15-8-4-2-3-5-9(8)18-11(13)14/h2-5,7,11,15H,6H2,1H3. The highest BCUT2D eigenvalue weighted by molar-refractivity contribution is 9.10. The van der Waals surface area contributed by atoms with E-state index in [-0.39, 0.29) is 12.3 Å². The molecule has 0 radical (unpaired) electrons. The molecule has 0 aromatic heterocycles. The molecule has 0 fully saturated rings. The summed E-state index contributed by atoms with van der Waals surface area (Å²) in [5.41, 5.74) is 0.381. The van der Waals surface area contributed by atoms with Gasteiger partial charge in [0.05, 0.1) is 12.8 Å². The van der Waals surface area contributed by atoms with Crippen LogP contribution in [-0.4, -0.2) is 31.1 Å². The van der Waals surface area contributed by atoms with Gasteiger partial charge in [-0.15, -0.1) is 0 Å². The highest BCUT2D eigenvalue weighted by Crippen LogP contribution is 2.25. The first-order chi connectivity index (χ1) is 8.54. The monoisotopic (exact) mass is 323 g/mol. The molecule has 1 aromatic carbocycles. The van der Waals surface area contributed by atoms with Crippen molar-refractivity contribution in [3.63, 3.8) is 0 Å². The quantitative estimate of drug-likeness (QED) is 0.646. The number of esters is 1. The molecule has 1 rings (SSSR count). The number of para-hydroxylation sites is 2. The van der Waals surface area contributed by atoms with Crippen molar-refractivity contribution in [3.8, 4) is 5.75 Å². The van der Waals surface area contributed by atoms with Crippen molar-refractivity contribution in [1.29, 1.82) is 0 Å². The molecule has 0 aliphatic heterocycles. The number of nitrogens with one attached hydrogen (secondary N) is 1. The van der Waals surface area contributed by atoms with Gasteiger partial charge in [0.25, 0.3) is 0 Å². The highest BCUT2D eigenvalue weighted by atomic mass is 79.9. The fraction of sp³-hybridized carbons (Fsp3) is 0.364. The predicted molar refractivity (Wildman–Crippen MR) is 66.3 cm³/mol. The van der Waals surface area contributed by atoms with E-state index in [1.807, 2.05) is 0 Å². The van der Waals surface area contributed by atoms with E-state index in [1.54, 1.807) is 18.2 Å². The van der Waals surface area contributed by atoms with Crippen LogP contribution >= 0.6 is 15.9 Å². The smallest absolute Gasteiger partial charge is 0.387 e. The van der Waals surface area contributed by atoms with E-state index in [9.17, 15) is 13.6 Å². The number of ether oxygens (including phenoxy) is 2. The Morgan fingerprint density at radius 2 is 2.11 bits per heavy atom. The lowest BCUT2D eigenvalue weighted by molar-refractivity contribution is -0.139. The maximum absolute atomic E-state index is 12.1. The second-order valence-corrected chi connectivity index (χ2v) is 4.35. The van der Waals surface area contributed by atoms with E-state index in [0.717, 1.165) is 0 Å². The molecule has 0 saturated heterocycles. The SMILES string of the molecule is COC(=O)C(Br)CNc1ccccc1OC(F)F. The van der Waals surface area contributed by atoms with Crippen molar-refractivity contribution in [2.45, 2.75) is 11.4 Å². The summed E-state index contributed by atoms with van der Waals surface area (Å²) >= 11 is 3.11. The minimum Gasteiger partial charge on any atom is -0.468 e. The number of alkyl halides is 3. The van der Waals surface area contributed by atoms with Crippen LogP contribution in [0, 0.1) is 0 Å². The second kappa shape index (κ2) is 7.15. The maximum Gasteiger partial charge on any atom is 0.387 e. The number of hydrogen-bond donors (Lipinski definition) is 1. The summed E-state index contributed by atoms with van der Waals surface area (Å²) in [4.78, 5) is 10.6. The molecule has 0 saturated carbocycles. The molecule has 1 aromatic rings. The second-order valence-electron chi connectivity index (χ2n) is 3.25. The van der Waals surface area contributed by atoms with Gasteiger partial charge >= 0.3 is 12.6 Å². The Balaban J connectivity index is 2.64. The first-order valence-electron chi connectivity index (χ1n) is 5.04. The van der Waals surface area contributed by atoms with Gasteiger partial charge in [0.2, 0.25) is 0 Å². The first kappa shape index (κ1) is 14.7. The number of methoxy groups -OCH3 is 1. The third-order valence-electron chi connectivity index (χ3n) is 2.03. The van der Waals surface area contributed by atoms with Crippen LogP contribution in [0.5, 0.6) is 5.75 Å². The Morgan fingerprint density at radius 3 is 2.72 bits per heavy atom. The van der Waals surface area contributed by atoms with Gasteiger partial charge in [-0.3, -0.25) is 4.79 Å². The molecule has 100 valence electrons. The Kier molecular flexibility index (Phi) is 5.84. The molecule has 18 heavy (non-hydrogen) atoms. The van der Waals surface area contributed by atoms with E-state index >= 15 is 0 Å². The summed E-state index contributed by atoms with van der Waals surface area (Å²) in [6.07, 6.45) is 0. The zero-order chi connectivity index (χ0) is 13.5. The lowest BCUT2D eigenvalue weighted by Crippen LogP contribution is -2.24. The number of benzene rings is 1. The minimum atomic E-state index is -2.90. The summed E-state index contributed by atoms with van der Waals surface area (Å²) in [6, 6.07) is 6.24. The number of rotatable bonds is 6. The van der Waals surface area contributed by atoms with Gasteiger partial charge in [-0.25, -0.2) is 0 Å². The Labute approximate surface area is 111 Å². The molecule has 0 aliphatic rings. The zero-order valence-corrected chi connectivity index (χ0v) is 11.1. The number of halogens is 3. The van der Waals surface area contributed by atoms with Gasteiger partial charge in [0.1, 0.15) is 10.6 Å². The van der Waals surface area contributed by atoms with Crippen molar-refractivity contribution in [2.75, 3.05) is 19.0 Å². The van der Waals surface area contributed by atoms with Gasteiger partial charge in [-0.2, -0.15) is 8.78 Å². The highest BCUT2D eigenvalue weighted by Gasteiger charge is 2.16. The average molecular weight is 324 g/mol. The summed E-state index contributed by atoms with van der Waals surface area (Å²) in [6.45, 7) is -2.70. The zero-order valence-electron chi connectivity index (χ0n) is 9.53.